The molecule has 1 saturated carbocycles. The van der Waals surface area contributed by atoms with Crippen LogP contribution in [-0.4, -0.2) is 45.5 Å². The first-order valence-corrected chi connectivity index (χ1v) is 12.5. The third-order valence-corrected chi connectivity index (χ3v) is 7.02. The summed E-state index contributed by atoms with van der Waals surface area (Å²) in [5, 5.41) is 7.83. The number of benzene rings is 2. The minimum Gasteiger partial charge on any atom is -0.360 e. The molecule has 6 nitrogen and oxygen atoms in total. The molecule has 1 aliphatic heterocycles. The summed E-state index contributed by atoms with van der Waals surface area (Å²) in [7, 11) is 0. The Kier molecular flexibility index (Phi) is 5.74. The van der Waals surface area contributed by atoms with E-state index in [0.29, 0.717) is 23.6 Å². The average molecular weight is 471 g/mol. The maximum atomic E-state index is 14.8. The Labute approximate surface area is 205 Å². The number of nitrogens with one attached hydrogen (secondary N) is 3. The lowest BCUT2D eigenvalue weighted by molar-refractivity contribution is 0.199. The van der Waals surface area contributed by atoms with Gasteiger partial charge in [-0.3, -0.25) is 4.90 Å². The third kappa shape index (κ3) is 4.79. The van der Waals surface area contributed by atoms with Gasteiger partial charge in [-0.2, -0.15) is 0 Å². The lowest BCUT2D eigenvalue weighted by Crippen LogP contribution is -2.48. The highest BCUT2D eigenvalue weighted by Crippen LogP contribution is 2.41. The summed E-state index contributed by atoms with van der Waals surface area (Å²) in [5.74, 6) is 0.603. The highest BCUT2D eigenvalue weighted by molar-refractivity contribution is 5.95. The normalized spacial score (nSPS) is 18.8. The van der Waals surface area contributed by atoms with E-state index >= 15 is 0 Å². The molecule has 3 heterocycles. The summed E-state index contributed by atoms with van der Waals surface area (Å²) in [6.45, 7) is 8.32. The maximum absolute atomic E-state index is 14.8. The molecule has 0 amide bonds. The van der Waals surface area contributed by atoms with Gasteiger partial charge in [0.15, 0.2) is 5.82 Å². The molecule has 6 rings (SSSR count). The molecule has 4 aromatic rings. The third-order valence-electron chi connectivity index (χ3n) is 7.02. The minimum atomic E-state index is -0.433. The Bertz CT molecular complexity index is 1380. The predicted octanol–water partition coefficient (Wildman–Crippen LogP) is 5.49. The number of aromatic amines is 1. The van der Waals surface area contributed by atoms with Crippen molar-refractivity contribution < 1.29 is 4.39 Å². The molecule has 180 valence electrons. The fraction of sp³-hybridized carbons (Fsp3) is 0.357. The van der Waals surface area contributed by atoms with Crippen molar-refractivity contribution in [3.63, 3.8) is 0 Å². The molecule has 1 aliphatic carbocycles. The highest BCUT2D eigenvalue weighted by atomic mass is 19.1. The van der Waals surface area contributed by atoms with Crippen LogP contribution < -0.4 is 10.6 Å². The number of fused-ring (bicyclic) bond motifs is 1. The van der Waals surface area contributed by atoms with E-state index in [1.54, 1.807) is 0 Å². The van der Waals surface area contributed by atoms with Gasteiger partial charge < -0.3 is 15.6 Å². The lowest BCUT2D eigenvalue weighted by Gasteiger charge is -2.32. The van der Waals surface area contributed by atoms with Crippen molar-refractivity contribution in [1.29, 1.82) is 0 Å². The van der Waals surface area contributed by atoms with Crippen molar-refractivity contribution in [2.45, 2.75) is 45.2 Å². The number of aryl methyl sites for hydroxylation is 1. The van der Waals surface area contributed by atoms with Gasteiger partial charge in [0.1, 0.15) is 5.69 Å². The Hall–Kier alpha value is -3.29. The van der Waals surface area contributed by atoms with Crippen LogP contribution in [0.1, 0.15) is 42.4 Å². The van der Waals surface area contributed by atoms with Crippen molar-refractivity contribution in [3.8, 4) is 11.3 Å². The molecule has 2 aromatic heterocycles. The number of hydrogen-bond donors (Lipinski definition) is 3. The molecule has 1 saturated heterocycles. The topological polar surface area (TPSA) is 68.9 Å². The van der Waals surface area contributed by atoms with Gasteiger partial charge >= 0.3 is 0 Å². The standard InChI is InChI=1S/C28H31FN6/c1-17-3-6-23-24(13-31-26(23)9-17)27-25(29)14-32-28(34-27)33-22-11-19(10-21(12-22)20-4-5-20)16-35-8-7-30-18(2)15-35/h3,6,9-14,18,20,30-31H,4-5,7-8,15-16H2,1-2H3,(H,32,33,34)/t18-/m0/s1. The van der Waals surface area contributed by atoms with Gasteiger partial charge in [-0.05, 0) is 67.5 Å². The Morgan fingerprint density at radius 2 is 2.06 bits per heavy atom. The van der Waals surface area contributed by atoms with Crippen LogP contribution in [-0.2, 0) is 6.54 Å². The van der Waals surface area contributed by atoms with Crippen molar-refractivity contribution in [2.75, 3.05) is 25.0 Å². The van der Waals surface area contributed by atoms with E-state index in [1.165, 1.54) is 30.2 Å². The molecule has 3 N–H and O–H groups in total. The zero-order valence-electron chi connectivity index (χ0n) is 20.2. The van der Waals surface area contributed by atoms with E-state index in [2.05, 4.69) is 61.7 Å². The molecule has 0 radical (unpaired) electrons. The van der Waals surface area contributed by atoms with E-state index in [1.807, 2.05) is 25.3 Å². The van der Waals surface area contributed by atoms with Crippen LogP contribution in [0.4, 0.5) is 16.0 Å². The SMILES string of the molecule is Cc1ccc2c(-c3nc(Nc4cc(CN5CCN[C@@H](C)C5)cc(C5CC5)c4)ncc3F)c[nH]c2c1. The van der Waals surface area contributed by atoms with Crippen LogP contribution in [0.5, 0.6) is 0 Å². The number of piperazine rings is 1. The summed E-state index contributed by atoms with van der Waals surface area (Å²) >= 11 is 0. The Balaban J connectivity index is 1.30. The number of rotatable bonds is 6. The molecule has 2 fully saturated rings. The maximum Gasteiger partial charge on any atom is 0.227 e. The van der Waals surface area contributed by atoms with E-state index in [4.69, 9.17) is 0 Å². The van der Waals surface area contributed by atoms with Gasteiger partial charge in [-0.25, -0.2) is 14.4 Å². The minimum absolute atomic E-state index is 0.297. The Morgan fingerprint density at radius 3 is 2.89 bits per heavy atom. The molecular formula is C28H31FN6. The van der Waals surface area contributed by atoms with E-state index in [9.17, 15) is 4.39 Å². The summed E-state index contributed by atoms with van der Waals surface area (Å²) in [6.07, 6.45) is 5.56. The smallest absolute Gasteiger partial charge is 0.227 e. The molecule has 2 aliphatic rings. The molecular weight excluding hydrogens is 439 g/mol. The quantitative estimate of drug-likeness (QED) is 0.348. The first kappa shape index (κ1) is 22.2. The van der Waals surface area contributed by atoms with Crippen molar-refractivity contribution in [2.24, 2.45) is 0 Å². The number of aromatic nitrogens is 3. The van der Waals surface area contributed by atoms with Gasteiger partial charge in [-0.15, -0.1) is 0 Å². The number of hydrogen-bond acceptors (Lipinski definition) is 5. The lowest BCUT2D eigenvalue weighted by atomic mass is 10.0. The van der Waals surface area contributed by atoms with E-state index in [-0.39, 0.29) is 0 Å². The predicted molar refractivity (Wildman–Crippen MR) is 138 cm³/mol. The summed E-state index contributed by atoms with van der Waals surface area (Å²) in [4.78, 5) is 14.6. The van der Waals surface area contributed by atoms with Crippen molar-refractivity contribution >= 4 is 22.5 Å². The van der Waals surface area contributed by atoms with Gasteiger partial charge in [0.25, 0.3) is 0 Å². The molecule has 7 heteroatoms. The van der Waals surface area contributed by atoms with Crippen LogP contribution in [0.25, 0.3) is 22.2 Å². The molecule has 2 aromatic carbocycles. The molecule has 0 bridgehead atoms. The van der Waals surface area contributed by atoms with Gasteiger partial charge in [0, 0.05) is 60.6 Å². The van der Waals surface area contributed by atoms with Crippen LogP contribution in [0, 0.1) is 12.7 Å². The first-order chi connectivity index (χ1) is 17.0. The second-order valence-electron chi connectivity index (χ2n) is 10.1. The van der Waals surface area contributed by atoms with Gasteiger partial charge in [0.2, 0.25) is 5.95 Å². The van der Waals surface area contributed by atoms with Crippen LogP contribution in [0.2, 0.25) is 0 Å². The summed E-state index contributed by atoms with van der Waals surface area (Å²) in [5.41, 5.74) is 6.77. The fourth-order valence-electron chi connectivity index (χ4n) is 5.13. The fourth-order valence-corrected chi connectivity index (χ4v) is 5.13. The monoisotopic (exact) mass is 470 g/mol. The van der Waals surface area contributed by atoms with Gasteiger partial charge in [0.05, 0.1) is 6.20 Å². The molecule has 1 atom stereocenters. The highest BCUT2D eigenvalue weighted by Gasteiger charge is 2.25. The molecule has 0 unspecified atom stereocenters. The summed E-state index contributed by atoms with van der Waals surface area (Å²) < 4.78 is 14.8. The second-order valence-corrected chi connectivity index (χ2v) is 10.1. The summed E-state index contributed by atoms with van der Waals surface area (Å²) in [6, 6.07) is 13.3. The first-order valence-electron chi connectivity index (χ1n) is 12.5. The number of anilines is 2. The van der Waals surface area contributed by atoms with Crippen LogP contribution >= 0.6 is 0 Å². The number of H-pyrrole nitrogens is 1. The number of halogens is 1. The zero-order valence-corrected chi connectivity index (χ0v) is 20.2. The average Bonchev–Trinajstić information content (AvgIpc) is 3.60. The largest absolute Gasteiger partial charge is 0.360 e. The van der Waals surface area contributed by atoms with Crippen LogP contribution in [0.3, 0.4) is 0 Å². The second kappa shape index (κ2) is 9.06. The Morgan fingerprint density at radius 1 is 1.17 bits per heavy atom. The van der Waals surface area contributed by atoms with E-state index in [0.717, 1.165) is 53.9 Å². The van der Waals surface area contributed by atoms with E-state index < -0.39 is 5.82 Å². The molecule has 35 heavy (non-hydrogen) atoms. The molecule has 0 spiro atoms. The van der Waals surface area contributed by atoms with Crippen LogP contribution in [0.15, 0.2) is 48.8 Å². The van der Waals surface area contributed by atoms with Gasteiger partial charge in [-0.1, -0.05) is 18.2 Å². The van der Waals surface area contributed by atoms with Crippen molar-refractivity contribution in [3.05, 3.63) is 71.3 Å². The zero-order chi connectivity index (χ0) is 23.9. The number of nitrogens with zero attached hydrogens (tertiary/aromatic N) is 3. The van der Waals surface area contributed by atoms with Crippen molar-refractivity contribution in [1.82, 2.24) is 25.2 Å².